The van der Waals surface area contributed by atoms with Crippen LogP contribution in [0.4, 0.5) is 4.39 Å². The Morgan fingerprint density at radius 3 is 2.39 bits per heavy atom. The van der Waals surface area contributed by atoms with Gasteiger partial charge in [-0.05, 0) is 42.9 Å². The number of aliphatic hydroxyl groups excluding tert-OH is 1. The third kappa shape index (κ3) is 5.28. The van der Waals surface area contributed by atoms with Crippen LogP contribution in [0.25, 0.3) is 0 Å². The number of amides is 1. The van der Waals surface area contributed by atoms with E-state index in [-0.39, 0.29) is 23.0 Å². The molecule has 0 unspecified atom stereocenters. The van der Waals surface area contributed by atoms with Crippen LogP contribution in [0.1, 0.15) is 32.3 Å². The number of halogens is 1. The van der Waals surface area contributed by atoms with E-state index in [1.165, 1.54) is 30.0 Å². The van der Waals surface area contributed by atoms with Crippen molar-refractivity contribution in [2.75, 3.05) is 12.8 Å². The number of amidine groups is 1. The van der Waals surface area contributed by atoms with Gasteiger partial charge in [-0.25, -0.2) is 9.38 Å². The van der Waals surface area contributed by atoms with Gasteiger partial charge in [-0.2, -0.15) is 0 Å². The van der Waals surface area contributed by atoms with Gasteiger partial charge in [0, 0.05) is 23.4 Å². The van der Waals surface area contributed by atoms with E-state index in [0.29, 0.717) is 18.8 Å². The van der Waals surface area contributed by atoms with Crippen molar-refractivity contribution < 1.29 is 14.3 Å². The Labute approximate surface area is 187 Å². The zero-order chi connectivity index (χ0) is 23.2. The van der Waals surface area contributed by atoms with E-state index in [4.69, 9.17) is 5.73 Å². The smallest absolute Gasteiger partial charge is 0.261 e. The number of hydrogen-bond acceptors (Lipinski definition) is 4. The van der Waals surface area contributed by atoms with Crippen LogP contribution in [-0.4, -0.2) is 34.5 Å². The van der Waals surface area contributed by atoms with Crippen molar-refractivity contribution >= 4 is 23.5 Å². The summed E-state index contributed by atoms with van der Waals surface area (Å²) in [5.74, 6) is -0.765. The predicted octanol–water partition coefficient (Wildman–Crippen LogP) is 5.09. The maximum atomic E-state index is 13.2. The fourth-order valence-corrected chi connectivity index (χ4v) is 3.94. The van der Waals surface area contributed by atoms with E-state index < -0.39 is 11.3 Å². The van der Waals surface area contributed by atoms with Gasteiger partial charge in [-0.3, -0.25) is 4.79 Å². The average Bonchev–Trinajstić information content (AvgIpc) is 3.55. The van der Waals surface area contributed by atoms with Crippen LogP contribution in [-0.2, 0) is 11.3 Å². The number of aliphatic imine (C=N–C) groups is 1. The number of carbonyl (C=O) groups is 1. The average molecular weight is 444 g/mol. The van der Waals surface area contributed by atoms with Crippen molar-refractivity contribution in [3.63, 3.8) is 0 Å². The summed E-state index contributed by atoms with van der Waals surface area (Å²) in [7, 11) is 0. The quantitative estimate of drug-likeness (QED) is 0.349. The fourth-order valence-electron chi connectivity index (χ4n) is 3.43. The van der Waals surface area contributed by atoms with E-state index in [0.717, 1.165) is 23.3 Å². The van der Waals surface area contributed by atoms with Crippen LogP contribution >= 0.6 is 11.8 Å². The molecule has 0 bridgehead atoms. The van der Waals surface area contributed by atoms with Gasteiger partial charge in [0.15, 0.2) is 0 Å². The van der Waals surface area contributed by atoms with Gasteiger partial charge in [-0.15, -0.1) is 11.8 Å². The summed E-state index contributed by atoms with van der Waals surface area (Å²) in [5.41, 5.74) is 7.03. The first-order valence-electron chi connectivity index (χ1n) is 10.2. The molecule has 1 aromatic carbocycles. The highest BCUT2D eigenvalue weighted by Crippen LogP contribution is 2.54. The Bertz CT molecular complexity index is 944. The molecule has 1 saturated carbocycles. The number of benzene rings is 1. The number of allylic oxidation sites excluding steroid dienone is 2. The summed E-state index contributed by atoms with van der Waals surface area (Å²) in [6, 6.07) is 6.01. The van der Waals surface area contributed by atoms with Crippen LogP contribution in [0.3, 0.4) is 0 Å². The standard InChI is InChI=1S/C22H24FN3O2S.C2H6/c1-4-16(17(5-2)29-3)25-20(24)18-19(27)22(10-11-22)13-26(21(18)28)12-14-6-8-15(23)9-7-14;1-2/h4-9,27H,1-2,10-13H2,3H3,(H2,24,25);1-2H3/b17-16-;. The number of rotatable bonds is 7. The molecule has 31 heavy (non-hydrogen) atoms. The topological polar surface area (TPSA) is 78.9 Å². The van der Waals surface area contributed by atoms with Crippen molar-refractivity contribution in [2.45, 2.75) is 33.2 Å². The molecule has 2 aliphatic rings. The van der Waals surface area contributed by atoms with Gasteiger partial charge < -0.3 is 15.7 Å². The first kappa shape index (κ1) is 24.5. The second kappa shape index (κ2) is 10.5. The third-order valence-electron chi connectivity index (χ3n) is 5.22. The molecule has 1 spiro atoms. The van der Waals surface area contributed by atoms with Gasteiger partial charge >= 0.3 is 0 Å². The lowest BCUT2D eigenvalue weighted by molar-refractivity contribution is -0.129. The summed E-state index contributed by atoms with van der Waals surface area (Å²) in [6.45, 7) is 12.2. The number of thioether (sulfide) groups is 1. The van der Waals surface area contributed by atoms with E-state index in [1.807, 2.05) is 20.1 Å². The van der Waals surface area contributed by atoms with E-state index in [9.17, 15) is 14.3 Å². The number of hydrogen-bond donors (Lipinski definition) is 2. The molecular formula is C24H30FN3O2S. The highest BCUT2D eigenvalue weighted by atomic mass is 32.2. The summed E-state index contributed by atoms with van der Waals surface area (Å²) in [4.78, 5) is 19.9. The maximum absolute atomic E-state index is 13.2. The summed E-state index contributed by atoms with van der Waals surface area (Å²) in [5, 5.41) is 10.8. The van der Waals surface area contributed by atoms with Crippen molar-refractivity contribution in [1.29, 1.82) is 0 Å². The maximum Gasteiger partial charge on any atom is 0.261 e. The number of carbonyl (C=O) groups excluding carboxylic acids is 1. The van der Waals surface area contributed by atoms with Gasteiger partial charge in [0.25, 0.3) is 5.91 Å². The van der Waals surface area contributed by atoms with Crippen LogP contribution < -0.4 is 5.73 Å². The van der Waals surface area contributed by atoms with Crippen molar-refractivity contribution in [2.24, 2.45) is 16.1 Å². The molecule has 0 radical (unpaired) electrons. The molecule has 0 aromatic heterocycles. The molecule has 1 aromatic rings. The van der Waals surface area contributed by atoms with E-state index in [1.54, 1.807) is 23.1 Å². The molecule has 1 aliphatic heterocycles. The Morgan fingerprint density at radius 2 is 1.90 bits per heavy atom. The molecule has 3 N–H and O–H groups in total. The number of nitrogens with two attached hydrogens (primary N) is 1. The lowest BCUT2D eigenvalue weighted by Gasteiger charge is -2.34. The molecule has 166 valence electrons. The van der Waals surface area contributed by atoms with E-state index >= 15 is 0 Å². The predicted molar refractivity (Wildman–Crippen MR) is 127 cm³/mol. The molecule has 1 fully saturated rings. The van der Waals surface area contributed by atoms with Crippen LogP contribution in [0, 0.1) is 11.2 Å². The summed E-state index contributed by atoms with van der Waals surface area (Å²) in [6.07, 6.45) is 6.59. The fraction of sp³-hybridized carbons (Fsp3) is 0.333. The van der Waals surface area contributed by atoms with Crippen LogP contribution in [0.5, 0.6) is 0 Å². The first-order chi connectivity index (χ1) is 14.8. The monoisotopic (exact) mass is 443 g/mol. The minimum absolute atomic E-state index is 0.00632. The molecule has 3 rings (SSSR count). The molecule has 0 atom stereocenters. The minimum Gasteiger partial charge on any atom is -0.511 e. The van der Waals surface area contributed by atoms with Gasteiger partial charge in [0.05, 0.1) is 5.70 Å². The Balaban J connectivity index is 0.00000166. The van der Waals surface area contributed by atoms with Gasteiger partial charge in [0.1, 0.15) is 23.0 Å². The molecule has 0 saturated heterocycles. The Kier molecular flexibility index (Phi) is 8.28. The van der Waals surface area contributed by atoms with Gasteiger partial charge in [-0.1, -0.05) is 45.2 Å². The highest BCUT2D eigenvalue weighted by molar-refractivity contribution is 8.02. The third-order valence-corrected chi connectivity index (χ3v) is 6.04. The SMILES string of the molecule is C=C/C(N=C(N)C1=C(O)C2(CC2)CN(Cc2ccc(F)cc2)C1=O)=C(\C=C)SC.CC. The molecular weight excluding hydrogens is 413 g/mol. The van der Waals surface area contributed by atoms with Crippen LogP contribution in [0.2, 0.25) is 0 Å². The summed E-state index contributed by atoms with van der Waals surface area (Å²) >= 11 is 1.43. The lowest BCUT2D eigenvalue weighted by Crippen LogP contribution is -2.45. The first-order valence-corrected chi connectivity index (χ1v) is 11.4. The Hall–Kier alpha value is -2.80. The second-order valence-electron chi connectivity index (χ2n) is 7.15. The largest absolute Gasteiger partial charge is 0.511 e. The molecule has 1 heterocycles. The van der Waals surface area contributed by atoms with E-state index in [2.05, 4.69) is 18.2 Å². The second-order valence-corrected chi connectivity index (χ2v) is 8.00. The zero-order valence-electron chi connectivity index (χ0n) is 18.3. The molecule has 5 nitrogen and oxygen atoms in total. The number of aliphatic hydroxyl groups is 1. The van der Waals surface area contributed by atoms with Crippen LogP contribution in [0.15, 0.2) is 76.5 Å². The lowest BCUT2D eigenvalue weighted by atomic mass is 9.92. The van der Waals surface area contributed by atoms with Crippen molar-refractivity contribution in [3.8, 4) is 0 Å². The zero-order valence-corrected chi connectivity index (χ0v) is 19.1. The van der Waals surface area contributed by atoms with Gasteiger partial charge in [0.2, 0.25) is 0 Å². The van der Waals surface area contributed by atoms with Crippen molar-refractivity contribution in [3.05, 3.63) is 82.9 Å². The highest BCUT2D eigenvalue weighted by Gasteiger charge is 2.54. The normalized spacial score (nSPS) is 18.3. The molecule has 7 heteroatoms. The Morgan fingerprint density at radius 1 is 1.29 bits per heavy atom. The summed E-state index contributed by atoms with van der Waals surface area (Å²) < 4.78 is 13.2. The minimum atomic E-state index is -0.470. The number of nitrogens with zero attached hydrogens (tertiary/aromatic N) is 2. The molecule has 1 aliphatic carbocycles. The van der Waals surface area contributed by atoms with Crippen molar-refractivity contribution in [1.82, 2.24) is 4.90 Å². The molecule has 1 amide bonds.